The molecule has 0 aromatic heterocycles. The van der Waals surface area contributed by atoms with E-state index in [0.717, 1.165) is 12.0 Å². The van der Waals surface area contributed by atoms with Crippen LogP contribution in [0.5, 0.6) is 0 Å². The molecule has 0 saturated heterocycles. The molecule has 0 saturated carbocycles. The molecule has 0 unspecified atom stereocenters. The fourth-order valence-corrected chi connectivity index (χ4v) is 1.44. The molecule has 0 fully saturated rings. The van der Waals surface area contributed by atoms with Gasteiger partial charge >= 0.3 is 0 Å². The van der Waals surface area contributed by atoms with Crippen LogP contribution in [0.2, 0.25) is 0 Å². The van der Waals surface area contributed by atoms with Crippen molar-refractivity contribution < 1.29 is 9.53 Å². The summed E-state index contributed by atoms with van der Waals surface area (Å²) in [7, 11) is 0. The molecule has 0 heterocycles. The summed E-state index contributed by atoms with van der Waals surface area (Å²) in [6, 6.07) is 8.67. The molecule has 1 aromatic carbocycles. The Kier molecular flexibility index (Phi) is 6.76. The molecule has 4 heteroatoms. The molecule has 1 aromatic rings. The minimum atomic E-state index is -0.626. The van der Waals surface area contributed by atoms with Crippen molar-refractivity contribution in [2.75, 3.05) is 19.8 Å². The first-order valence-electron chi connectivity index (χ1n) is 6.02. The molecule has 0 aliphatic carbocycles. The molecule has 18 heavy (non-hydrogen) atoms. The summed E-state index contributed by atoms with van der Waals surface area (Å²) in [5, 5.41) is 2.74. The van der Waals surface area contributed by atoms with Gasteiger partial charge in [-0.25, -0.2) is 0 Å². The molecule has 4 nitrogen and oxygen atoms in total. The van der Waals surface area contributed by atoms with Crippen molar-refractivity contribution in [2.45, 2.75) is 12.5 Å². The SMILES string of the molecule is C=CCCOCCNC(=O)[C@@H](N)c1ccccc1. The molecule has 1 atom stereocenters. The highest BCUT2D eigenvalue weighted by molar-refractivity contribution is 5.82. The maximum atomic E-state index is 11.7. The summed E-state index contributed by atoms with van der Waals surface area (Å²) in [6.07, 6.45) is 2.61. The molecule has 1 rings (SSSR count). The topological polar surface area (TPSA) is 64.3 Å². The average Bonchev–Trinajstić information content (AvgIpc) is 2.42. The van der Waals surface area contributed by atoms with Crippen molar-refractivity contribution in [1.29, 1.82) is 0 Å². The second kappa shape index (κ2) is 8.44. The molecule has 98 valence electrons. The first kappa shape index (κ1) is 14.4. The highest BCUT2D eigenvalue weighted by Crippen LogP contribution is 2.08. The zero-order valence-corrected chi connectivity index (χ0v) is 10.5. The summed E-state index contributed by atoms with van der Waals surface area (Å²) in [6.45, 7) is 5.18. The Bertz CT molecular complexity index is 365. The third-order valence-corrected chi connectivity index (χ3v) is 2.45. The summed E-state index contributed by atoms with van der Waals surface area (Å²) in [5.41, 5.74) is 6.64. The first-order chi connectivity index (χ1) is 8.75. The number of benzene rings is 1. The average molecular weight is 248 g/mol. The molecule has 1 amide bonds. The predicted octanol–water partition coefficient (Wildman–Crippen LogP) is 1.40. The lowest BCUT2D eigenvalue weighted by atomic mass is 10.1. The minimum absolute atomic E-state index is 0.187. The summed E-state index contributed by atoms with van der Waals surface area (Å²) >= 11 is 0. The van der Waals surface area contributed by atoms with Gasteiger partial charge in [0.25, 0.3) is 0 Å². The lowest BCUT2D eigenvalue weighted by Crippen LogP contribution is -2.36. The first-order valence-corrected chi connectivity index (χ1v) is 6.02. The minimum Gasteiger partial charge on any atom is -0.379 e. The number of hydrogen-bond acceptors (Lipinski definition) is 3. The van der Waals surface area contributed by atoms with Crippen LogP contribution in [-0.2, 0) is 9.53 Å². The van der Waals surface area contributed by atoms with Gasteiger partial charge in [0, 0.05) is 6.54 Å². The van der Waals surface area contributed by atoms with E-state index >= 15 is 0 Å². The quantitative estimate of drug-likeness (QED) is 0.540. The van der Waals surface area contributed by atoms with Crippen molar-refractivity contribution in [3.05, 3.63) is 48.6 Å². The smallest absolute Gasteiger partial charge is 0.241 e. The van der Waals surface area contributed by atoms with Crippen LogP contribution in [0.3, 0.4) is 0 Å². The van der Waals surface area contributed by atoms with Gasteiger partial charge in [-0.3, -0.25) is 4.79 Å². The van der Waals surface area contributed by atoms with E-state index in [0.29, 0.717) is 19.8 Å². The summed E-state index contributed by atoms with van der Waals surface area (Å²) in [5.74, 6) is -0.187. The summed E-state index contributed by atoms with van der Waals surface area (Å²) in [4.78, 5) is 11.7. The number of nitrogens with two attached hydrogens (primary N) is 1. The largest absolute Gasteiger partial charge is 0.379 e. The van der Waals surface area contributed by atoms with Crippen LogP contribution in [-0.4, -0.2) is 25.7 Å². The van der Waals surface area contributed by atoms with Gasteiger partial charge in [-0.1, -0.05) is 36.4 Å². The monoisotopic (exact) mass is 248 g/mol. The predicted molar refractivity (Wildman–Crippen MR) is 72.0 cm³/mol. The molecular formula is C14H20N2O2. The molecular weight excluding hydrogens is 228 g/mol. The number of carbonyl (C=O) groups excluding carboxylic acids is 1. The van der Waals surface area contributed by atoms with Crippen molar-refractivity contribution in [1.82, 2.24) is 5.32 Å². The van der Waals surface area contributed by atoms with E-state index in [-0.39, 0.29) is 5.91 Å². The molecule has 0 radical (unpaired) electrons. The lowest BCUT2D eigenvalue weighted by molar-refractivity contribution is -0.122. The van der Waals surface area contributed by atoms with Crippen molar-refractivity contribution in [3.63, 3.8) is 0 Å². The van der Waals surface area contributed by atoms with Gasteiger partial charge in [0.1, 0.15) is 6.04 Å². The van der Waals surface area contributed by atoms with Crippen LogP contribution in [0, 0.1) is 0 Å². The van der Waals surface area contributed by atoms with Crippen LogP contribution in [0.15, 0.2) is 43.0 Å². The van der Waals surface area contributed by atoms with Crippen LogP contribution < -0.4 is 11.1 Å². The second-order valence-corrected chi connectivity index (χ2v) is 3.87. The van der Waals surface area contributed by atoms with Gasteiger partial charge in [0.15, 0.2) is 0 Å². The van der Waals surface area contributed by atoms with Crippen LogP contribution in [0.25, 0.3) is 0 Å². The number of nitrogens with one attached hydrogen (secondary N) is 1. The highest BCUT2D eigenvalue weighted by atomic mass is 16.5. The van der Waals surface area contributed by atoms with Crippen molar-refractivity contribution >= 4 is 5.91 Å². The van der Waals surface area contributed by atoms with Gasteiger partial charge in [-0.2, -0.15) is 0 Å². The standard InChI is InChI=1S/C14H20N2O2/c1-2-3-10-18-11-9-16-14(17)13(15)12-7-5-4-6-8-12/h2,4-8,13H,1,3,9-11,15H2,(H,16,17)/t13-/m0/s1. The zero-order chi connectivity index (χ0) is 13.2. The van der Waals surface area contributed by atoms with Crippen LogP contribution in [0.1, 0.15) is 18.0 Å². The lowest BCUT2D eigenvalue weighted by Gasteiger charge is -2.12. The van der Waals surface area contributed by atoms with Gasteiger partial charge in [-0.15, -0.1) is 6.58 Å². The van der Waals surface area contributed by atoms with Crippen LogP contribution >= 0.6 is 0 Å². The van der Waals surface area contributed by atoms with Crippen molar-refractivity contribution in [3.8, 4) is 0 Å². The number of ether oxygens (including phenoxy) is 1. The van der Waals surface area contributed by atoms with E-state index < -0.39 is 6.04 Å². The number of carbonyl (C=O) groups is 1. The summed E-state index contributed by atoms with van der Waals surface area (Å²) < 4.78 is 5.28. The molecule has 3 N–H and O–H groups in total. The fraction of sp³-hybridized carbons (Fsp3) is 0.357. The Labute approximate surface area is 108 Å². The second-order valence-electron chi connectivity index (χ2n) is 3.87. The van der Waals surface area contributed by atoms with E-state index in [9.17, 15) is 4.79 Å². The van der Waals surface area contributed by atoms with E-state index in [4.69, 9.17) is 10.5 Å². The van der Waals surface area contributed by atoms with E-state index in [1.165, 1.54) is 0 Å². The van der Waals surface area contributed by atoms with E-state index in [1.54, 1.807) is 6.08 Å². The van der Waals surface area contributed by atoms with Gasteiger partial charge in [0.2, 0.25) is 5.91 Å². The molecule has 0 bridgehead atoms. The maximum absolute atomic E-state index is 11.7. The molecule has 0 spiro atoms. The number of rotatable bonds is 8. The van der Waals surface area contributed by atoms with E-state index in [1.807, 2.05) is 30.3 Å². The van der Waals surface area contributed by atoms with E-state index in [2.05, 4.69) is 11.9 Å². The maximum Gasteiger partial charge on any atom is 0.241 e. The Hall–Kier alpha value is -1.65. The number of amides is 1. The Balaban J connectivity index is 2.22. The third-order valence-electron chi connectivity index (χ3n) is 2.45. The van der Waals surface area contributed by atoms with Gasteiger partial charge in [-0.05, 0) is 12.0 Å². The van der Waals surface area contributed by atoms with Crippen molar-refractivity contribution in [2.24, 2.45) is 5.73 Å². The Morgan fingerprint density at radius 2 is 2.11 bits per heavy atom. The normalized spacial score (nSPS) is 11.8. The third kappa shape index (κ3) is 5.12. The van der Waals surface area contributed by atoms with Gasteiger partial charge < -0.3 is 15.8 Å². The highest BCUT2D eigenvalue weighted by Gasteiger charge is 2.14. The van der Waals surface area contributed by atoms with Crippen LogP contribution in [0.4, 0.5) is 0 Å². The zero-order valence-electron chi connectivity index (χ0n) is 10.5. The fourth-order valence-electron chi connectivity index (χ4n) is 1.44. The number of hydrogen-bond donors (Lipinski definition) is 2. The Morgan fingerprint density at radius 3 is 2.78 bits per heavy atom. The molecule has 0 aliphatic heterocycles. The molecule has 0 aliphatic rings. The Morgan fingerprint density at radius 1 is 1.39 bits per heavy atom. The van der Waals surface area contributed by atoms with Gasteiger partial charge in [0.05, 0.1) is 13.2 Å².